The fourth-order valence-corrected chi connectivity index (χ4v) is 4.21. The Labute approximate surface area is 203 Å². The summed E-state index contributed by atoms with van der Waals surface area (Å²) in [7, 11) is 0. The van der Waals surface area contributed by atoms with E-state index in [1.165, 1.54) is 12.5 Å². The number of rotatable bonds is 12. The number of ether oxygens (including phenoxy) is 1. The fourth-order valence-electron chi connectivity index (χ4n) is 3.47. The summed E-state index contributed by atoms with van der Waals surface area (Å²) in [5.41, 5.74) is 1.01. The lowest BCUT2D eigenvalue weighted by molar-refractivity contribution is -0.123. The maximum atomic E-state index is 12.6. The summed E-state index contributed by atoms with van der Waals surface area (Å²) >= 11 is 1.56. The van der Waals surface area contributed by atoms with E-state index in [0.717, 1.165) is 41.9 Å². The van der Waals surface area contributed by atoms with E-state index in [1.54, 1.807) is 29.5 Å². The number of amides is 2. The Morgan fingerprint density at radius 1 is 1.03 bits per heavy atom. The van der Waals surface area contributed by atoms with E-state index in [0.29, 0.717) is 12.3 Å². The van der Waals surface area contributed by atoms with Gasteiger partial charge in [0.25, 0.3) is 5.91 Å². The van der Waals surface area contributed by atoms with E-state index in [1.807, 2.05) is 23.6 Å². The third-order valence-corrected chi connectivity index (χ3v) is 6.34. The van der Waals surface area contributed by atoms with Crippen LogP contribution in [-0.2, 0) is 11.2 Å². The van der Waals surface area contributed by atoms with Crippen molar-refractivity contribution in [2.24, 2.45) is 0 Å². The molecule has 7 nitrogen and oxygen atoms in total. The Kier molecular flexibility index (Phi) is 9.07. The zero-order valence-electron chi connectivity index (χ0n) is 19.1. The van der Waals surface area contributed by atoms with Crippen LogP contribution in [0.15, 0.2) is 66.0 Å². The molecule has 3 rings (SSSR count). The average molecular weight is 483 g/mol. The molecular formula is C26H30N2O5S. The number of unbranched alkanes of at least 4 members (excludes halogenated alkanes) is 2. The predicted molar refractivity (Wildman–Crippen MR) is 135 cm³/mol. The summed E-state index contributed by atoms with van der Waals surface area (Å²) < 4.78 is 6.08. The molecule has 0 aliphatic heterocycles. The van der Waals surface area contributed by atoms with Crippen molar-refractivity contribution in [1.29, 1.82) is 0 Å². The van der Waals surface area contributed by atoms with Crippen molar-refractivity contribution in [3.8, 4) is 16.2 Å². The van der Waals surface area contributed by atoms with E-state index in [2.05, 4.69) is 34.9 Å². The monoisotopic (exact) mass is 482 g/mol. The van der Waals surface area contributed by atoms with Crippen LogP contribution in [0.25, 0.3) is 10.4 Å². The summed E-state index contributed by atoms with van der Waals surface area (Å²) in [4.78, 5) is 24.6. The number of hydrogen-bond acceptors (Lipinski definition) is 5. The third kappa shape index (κ3) is 7.07. The van der Waals surface area contributed by atoms with Gasteiger partial charge in [0.05, 0.1) is 13.2 Å². The van der Waals surface area contributed by atoms with Gasteiger partial charge in [0.2, 0.25) is 0 Å². The number of anilines is 1. The number of aliphatic hydroxyl groups excluding tert-OH is 1. The molecule has 34 heavy (non-hydrogen) atoms. The molecule has 4 N–H and O–H groups in total. The molecule has 2 aromatic carbocycles. The first kappa shape index (κ1) is 25.3. The minimum Gasteiger partial charge on any atom is -0.493 e. The molecule has 8 heteroatoms. The van der Waals surface area contributed by atoms with E-state index in [-0.39, 0.29) is 0 Å². The van der Waals surface area contributed by atoms with Gasteiger partial charge in [-0.2, -0.15) is 0 Å². The molecule has 0 aliphatic carbocycles. The van der Waals surface area contributed by atoms with Gasteiger partial charge in [0, 0.05) is 16.1 Å². The van der Waals surface area contributed by atoms with Crippen molar-refractivity contribution in [2.75, 3.05) is 18.5 Å². The lowest BCUT2D eigenvalue weighted by Gasteiger charge is -2.26. The van der Waals surface area contributed by atoms with Gasteiger partial charge >= 0.3 is 6.09 Å². The van der Waals surface area contributed by atoms with Gasteiger partial charge < -0.3 is 25.6 Å². The second-order valence-corrected chi connectivity index (χ2v) is 9.16. The first-order chi connectivity index (χ1) is 16.4. The Morgan fingerprint density at radius 2 is 1.82 bits per heavy atom. The van der Waals surface area contributed by atoms with Crippen LogP contribution < -0.4 is 15.4 Å². The number of carbonyl (C=O) groups is 2. The van der Waals surface area contributed by atoms with Crippen LogP contribution in [0.3, 0.4) is 0 Å². The van der Waals surface area contributed by atoms with Gasteiger partial charge in [-0.3, -0.25) is 4.79 Å². The van der Waals surface area contributed by atoms with Crippen molar-refractivity contribution in [1.82, 2.24) is 5.32 Å². The van der Waals surface area contributed by atoms with Crippen molar-refractivity contribution >= 4 is 29.0 Å². The van der Waals surface area contributed by atoms with Crippen LogP contribution in [0.1, 0.15) is 31.7 Å². The van der Waals surface area contributed by atoms with Crippen molar-refractivity contribution in [3.63, 3.8) is 0 Å². The highest BCUT2D eigenvalue weighted by Gasteiger charge is 2.34. The largest absolute Gasteiger partial charge is 0.493 e. The summed E-state index contributed by atoms with van der Waals surface area (Å²) in [5.74, 6) is 0.0682. The third-order valence-electron chi connectivity index (χ3n) is 5.43. The van der Waals surface area contributed by atoms with Crippen LogP contribution in [0, 0.1) is 0 Å². The number of nitrogens with one attached hydrogen (secondary N) is 2. The molecule has 180 valence electrons. The fraction of sp³-hybridized carbons (Fsp3) is 0.308. The van der Waals surface area contributed by atoms with Crippen LogP contribution in [-0.4, -0.2) is 41.0 Å². The SMILES string of the molecule is CC(CO)(NC(=O)O)C(=O)Nc1ccc(OCCCCCc2ccccc2)c(-c2cccs2)c1. The molecule has 1 aromatic heterocycles. The maximum absolute atomic E-state index is 12.6. The lowest BCUT2D eigenvalue weighted by atomic mass is 10.0. The van der Waals surface area contributed by atoms with Gasteiger partial charge in [0.15, 0.2) is 0 Å². The first-order valence-corrected chi connectivity index (χ1v) is 12.1. The average Bonchev–Trinajstić information content (AvgIpc) is 3.37. The number of carbonyl (C=O) groups excluding carboxylic acids is 1. The first-order valence-electron chi connectivity index (χ1n) is 11.2. The molecule has 0 aliphatic rings. The highest BCUT2D eigenvalue weighted by molar-refractivity contribution is 7.13. The predicted octanol–water partition coefficient (Wildman–Crippen LogP) is 5.16. The highest BCUT2D eigenvalue weighted by Crippen LogP contribution is 2.36. The molecule has 0 bridgehead atoms. The second kappa shape index (κ2) is 12.2. The highest BCUT2D eigenvalue weighted by atomic mass is 32.1. The molecule has 2 amide bonds. The number of aryl methyl sites for hydroxylation is 1. The molecule has 1 unspecified atom stereocenters. The summed E-state index contributed by atoms with van der Waals surface area (Å²) in [5, 5.41) is 25.3. The molecule has 0 spiro atoms. The van der Waals surface area contributed by atoms with Crippen molar-refractivity contribution < 1.29 is 24.5 Å². The molecular weight excluding hydrogens is 452 g/mol. The number of carboxylic acid groups (broad SMARTS) is 1. The molecule has 0 saturated heterocycles. The Hall–Kier alpha value is -3.36. The van der Waals surface area contributed by atoms with Gasteiger partial charge in [0.1, 0.15) is 11.3 Å². The van der Waals surface area contributed by atoms with Gasteiger partial charge in [-0.25, -0.2) is 4.79 Å². The smallest absolute Gasteiger partial charge is 0.405 e. The minimum absolute atomic E-state index is 0.482. The van der Waals surface area contributed by atoms with Crippen molar-refractivity contribution in [2.45, 2.75) is 38.1 Å². The van der Waals surface area contributed by atoms with E-state index in [4.69, 9.17) is 9.84 Å². The summed E-state index contributed by atoms with van der Waals surface area (Å²) in [6, 6.07) is 19.7. The number of thiophene rings is 1. The van der Waals surface area contributed by atoms with Crippen LogP contribution in [0.4, 0.5) is 10.5 Å². The number of benzene rings is 2. The standard InChI is InChI=1S/C26H30N2O5S/c1-26(18-29,28-25(31)32)24(30)27-20-13-14-22(21(17-20)23-12-8-16-34-23)33-15-7-3-6-11-19-9-4-2-5-10-19/h2,4-5,8-10,12-14,16-17,28-29H,3,6-7,11,15,18H2,1H3,(H,27,30)(H,31,32). The molecule has 0 fully saturated rings. The van der Waals surface area contributed by atoms with E-state index in [9.17, 15) is 14.7 Å². The van der Waals surface area contributed by atoms with Crippen molar-refractivity contribution in [3.05, 3.63) is 71.6 Å². The second-order valence-electron chi connectivity index (χ2n) is 8.21. The van der Waals surface area contributed by atoms with E-state index < -0.39 is 24.1 Å². The van der Waals surface area contributed by atoms with Gasteiger partial charge in [-0.05, 0) is 67.8 Å². The maximum Gasteiger partial charge on any atom is 0.405 e. The van der Waals surface area contributed by atoms with Crippen LogP contribution in [0.5, 0.6) is 5.75 Å². The molecule has 1 atom stereocenters. The van der Waals surface area contributed by atoms with Crippen LogP contribution in [0.2, 0.25) is 0 Å². The minimum atomic E-state index is -1.66. The Bertz CT molecular complexity index is 1070. The zero-order valence-corrected chi connectivity index (χ0v) is 19.9. The molecule has 0 radical (unpaired) electrons. The quantitative estimate of drug-likeness (QED) is 0.267. The number of aliphatic hydroxyl groups is 1. The molecule has 3 aromatic rings. The van der Waals surface area contributed by atoms with E-state index >= 15 is 0 Å². The van der Waals surface area contributed by atoms with Gasteiger partial charge in [-0.1, -0.05) is 36.4 Å². The normalized spacial score (nSPS) is 12.5. The zero-order chi connectivity index (χ0) is 24.4. The summed E-state index contributed by atoms with van der Waals surface area (Å²) in [6.07, 6.45) is 2.76. The Morgan fingerprint density at radius 3 is 2.50 bits per heavy atom. The Balaban J connectivity index is 1.62. The lowest BCUT2D eigenvalue weighted by Crippen LogP contribution is -2.56. The van der Waals surface area contributed by atoms with Crippen LogP contribution >= 0.6 is 11.3 Å². The molecule has 1 heterocycles. The topological polar surface area (TPSA) is 108 Å². The van der Waals surface area contributed by atoms with Gasteiger partial charge in [-0.15, -0.1) is 11.3 Å². The molecule has 0 saturated carbocycles. The number of hydrogen-bond donors (Lipinski definition) is 4. The summed E-state index contributed by atoms with van der Waals surface area (Å²) in [6.45, 7) is 1.24.